The van der Waals surface area contributed by atoms with Crippen LogP contribution in [0.3, 0.4) is 0 Å². The molecular weight excluding hydrogens is 295 g/mol. The maximum atomic E-state index is 13.1. The minimum Gasteiger partial charge on any atom is -0.444 e. The van der Waals surface area contributed by atoms with Gasteiger partial charge < -0.3 is 10.1 Å². The van der Waals surface area contributed by atoms with Crippen LogP contribution in [0.25, 0.3) is 0 Å². The molecule has 0 radical (unpaired) electrons. The van der Waals surface area contributed by atoms with Crippen molar-refractivity contribution < 1.29 is 13.9 Å². The second kappa shape index (κ2) is 7.13. The lowest BCUT2D eigenvalue weighted by atomic mass is 10.2. The normalized spacial score (nSPS) is 11.0. The smallest absolute Gasteiger partial charge is 0.412 e. The average Bonchev–Trinajstić information content (AvgIpc) is 2.43. The summed E-state index contributed by atoms with van der Waals surface area (Å²) in [5, 5.41) is 5.88. The van der Waals surface area contributed by atoms with Gasteiger partial charge in [0.2, 0.25) is 0 Å². The molecule has 0 aliphatic carbocycles. The highest BCUT2D eigenvalue weighted by molar-refractivity contribution is 5.85. The van der Waals surface area contributed by atoms with E-state index < -0.39 is 11.7 Å². The first-order valence-electron chi connectivity index (χ1n) is 7.40. The summed E-state index contributed by atoms with van der Waals surface area (Å²) in [4.78, 5) is 11.8. The molecule has 4 nitrogen and oxygen atoms in total. The first-order valence-corrected chi connectivity index (χ1v) is 7.40. The van der Waals surface area contributed by atoms with E-state index in [9.17, 15) is 9.18 Å². The van der Waals surface area contributed by atoms with Crippen LogP contribution >= 0.6 is 0 Å². The van der Waals surface area contributed by atoms with Crippen molar-refractivity contribution >= 4 is 17.5 Å². The molecule has 23 heavy (non-hydrogen) atoms. The summed E-state index contributed by atoms with van der Waals surface area (Å²) in [5.41, 5.74) is 1.75. The summed E-state index contributed by atoms with van der Waals surface area (Å²) in [6, 6.07) is 13.7. The first kappa shape index (κ1) is 16.8. The van der Waals surface area contributed by atoms with Gasteiger partial charge in [-0.2, -0.15) is 0 Å². The molecule has 5 heteroatoms. The molecular formula is C18H21FN2O2. The van der Waals surface area contributed by atoms with E-state index in [1.807, 2.05) is 39.0 Å². The van der Waals surface area contributed by atoms with Gasteiger partial charge in [-0.15, -0.1) is 0 Å². The number of benzene rings is 2. The van der Waals surface area contributed by atoms with Crippen molar-refractivity contribution in [2.24, 2.45) is 0 Å². The zero-order chi connectivity index (χ0) is 16.9. The molecule has 2 aromatic rings. The largest absolute Gasteiger partial charge is 0.444 e. The molecule has 2 aromatic carbocycles. The molecule has 122 valence electrons. The Labute approximate surface area is 135 Å². The Hall–Kier alpha value is -2.56. The van der Waals surface area contributed by atoms with Crippen molar-refractivity contribution in [3.8, 4) is 0 Å². The van der Waals surface area contributed by atoms with Crippen LogP contribution < -0.4 is 10.6 Å². The minimum atomic E-state index is -0.544. The Balaban J connectivity index is 1.95. The predicted molar refractivity (Wildman–Crippen MR) is 90.0 cm³/mol. The van der Waals surface area contributed by atoms with Crippen LogP contribution in [0.4, 0.5) is 20.6 Å². The standard InChI is InChI=1S/C18H21FN2O2/c1-18(2,3)23-17(22)21-16-9-5-8-15(11-16)20-12-13-6-4-7-14(19)10-13/h4-11,20H,12H2,1-3H3,(H,21,22). The zero-order valence-corrected chi connectivity index (χ0v) is 13.5. The highest BCUT2D eigenvalue weighted by atomic mass is 19.1. The minimum absolute atomic E-state index is 0.260. The van der Waals surface area contributed by atoms with Gasteiger partial charge in [-0.1, -0.05) is 18.2 Å². The highest BCUT2D eigenvalue weighted by Crippen LogP contribution is 2.17. The van der Waals surface area contributed by atoms with Crippen molar-refractivity contribution in [1.29, 1.82) is 0 Å². The monoisotopic (exact) mass is 316 g/mol. The highest BCUT2D eigenvalue weighted by Gasteiger charge is 2.16. The van der Waals surface area contributed by atoms with Crippen LogP contribution in [-0.4, -0.2) is 11.7 Å². The lowest BCUT2D eigenvalue weighted by Crippen LogP contribution is -2.27. The average molecular weight is 316 g/mol. The first-order chi connectivity index (χ1) is 10.8. The molecule has 0 spiro atoms. The van der Waals surface area contributed by atoms with Crippen molar-refractivity contribution in [3.63, 3.8) is 0 Å². The Bertz CT molecular complexity index is 681. The maximum absolute atomic E-state index is 13.1. The van der Waals surface area contributed by atoms with Gasteiger partial charge in [-0.3, -0.25) is 5.32 Å². The molecule has 0 aliphatic heterocycles. The van der Waals surface area contributed by atoms with Crippen molar-refractivity contribution in [3.05, 3.63) is 59.9 Å². The van der Waals surface area contributed by atoms with E-state index >= 15 is 0 Å². The van der Waals surface area contributed by atoms with Crippen LogP contribution in [0.1, 0.15) is 26.3 Å². The van der Waals surface area contributed by atoms with Crippen LogP contribution in [0.5, 0.6) is 0 Å². The molecule has 0 saturated heterocycles. The van der Waals surface area contributed by atoms with Gasteiger partial charge in [0.05, 0.1) is 0 Å². The van der Waals surface area contributed by atoms with Gasteiger partial charge in [0, 0.05) is 17.9 Å². The van der Waals surface area contributed by atoms with E-state index in [0.717, 1.165) is 11.3 Å². The number of anilines is 2. The molecule has 1 amide bonds. The lowest BCUT2D eigenvalue weighted by molar-refractivity contribution is 0.0636. The number of nitrogens with one attached hydrogen (secondary N) is 2. The number of hydrogen-bond donors (Lipinski definition) is 2. The van der Waals surface area contributed by atoms with E-state index in [2.05, 4.69) is 10.6 Å². The van der Waals surface area contributed by atoms with Crippen LogP contribution in [0, 0.1) is 5.82 Å². The number of ether oxygens (including phenoxy) is 1. The third kappa shape index (κ3) is 5.98. The Kier molecular flexibility index (Phi) is 5.21. The fraction of sp³-hybridized carbons (Fsp3) is 0.278. The van der Waals surface area contributed by atoms with Gasteiger partial charge in [0.15, 0.2) is 0 Å². The lowest BCUT2D eigenvalue weighted by Gasteiger charge is -2.19. The van der Waals surface area contributed by atoms with Crippen LogP contribution in [0.2, 0.25) is 0 Å². The molecule has 0 bridgehead atoms. The fourth-order valence-electron chi connectivity index (χ4n) is 1.98. The van der Waals surface area contributed by atoms with E-state index in [1.165, 1.54) is 12.1 Å². The molecule has 2 N–H and O–H groups in total. The molecule has 0 unspecified atom stereocenters. The molecule has 0 saturated carbocycles. The number of hydrogen-bond acceptors (Lipinski definition) is 3. The molecule has 0 atom stereocenters. The Morgan fingerprint density at radius 1 is 1.09 bits per heavy atom. The topological polar surface area (TPSA) is 50.4 Å². The maximum Gasteiger partial charge on any atom is 0.412 e. The summed E-state index contributed by atoms with van der Waals surface area (Å²) in [6.45, 7) is 5.92. The number of amides is 1. The van der Waals surface area contributed by atoms with E-state index in [4.69, 9.17) is 4.74 Å². The zero-order valence-electron chi connectivity index (χ0n) is 13.5. The summed E-state index contributed by atoms with van der Waals surface area (Å²) < 4.78 is 18.4. The van der Waals surface area contributed by atoms with Gasteiger partial charge >= 0.3 is 6.09 Å². The molecule has 0 fully saturated rings. The summed E-state index contributed by atoms with van der Waals surface area (Å²) >= 11 is 0. The third-order valence-corrected chi connectivity index (χ3v) is 2.89. The molecule has 2 rings (SSSR count). The van der Waals surface area contributed by atoms with Gasteiger partial charge in [-0.05, 0) is 56.7 Å². The van der Waals surface area contributed by atoms with Gasteiger partial charge in [-0.25, -0.2) is 9.18 Å². The van der Waals surface area contributed by atoms with Crippen molar-refractivity contribution in [2.45, 2.75) is 32.9 Å². The summed E-state index contributed by atoms with van der Waals surface area (Å²) in [7, 11) is 0. The Morgan fingerprint density at radius 3 is 2.48 bits per heavy atom. The number of halogens is 1. The summed E-state index contributed by atoms with van der Waals surface area (Å²) in [5.74, 6) is -0.260. The number of rotatable bonds is 4. The number of carbonyl (C=O) groups is 1. The van der Waals surface area contributed by atoms with E-state index in [1.54, 1.807) is 18.2 Å². The molecule has 0 aromatic heterocycles. The fourth-order valence-corrected chi connectivity index (χ4v) is 1.98. The SMILES string of the molecule is CC(C)(C)OC(=O)Nc1cccc(NCc2cccc(F)c2)c1. The molecule has 0 heterocycles. The molecule has 0 aliphatic rings. The quantitative estimate of drug-likeness (QED) is 0.853. The van der Waals surface area contributed by atoms with Gasteiger partial charge in [0.25, 0.3) is 0 Å². The van der Waals surface area contributed by atoms with E-state index in [-0.39, 0.29) is 5.82 Å². The van der Waals surface area contributed by atoms with Crippen molar-refractivity contribution in [2.75, 3.05) is 10.6 Å². The second-order valence-electron chi connectivity index (χ2n) is 6.19. The second-order valence-corrected chi connectivity index (χ2v) is 6.19. The third-order valence-electron chi connectivity index (χ3n) is 2.89. The van der Waals surface area contributed by atoms with Crippen LogP contribution in [-0.2, 0) is 11.3 Å². The van der Waals surface area contributed by atoms with E-state index in [0.29, 0.717) is 12.2 Å². The summed E-state index contributed by atoms with van der Waals surface area (Å²) in [6.07, 6.45) is -0.500. The number of carbonyl (C=O) groups excluding carboxylic acids is 1. The van der Waals surface area contributed by atoms with Crippen molar-refractivity contribution in [1.82, 2.24) is 0 Å². The predicted octanol–water partition coefficient (Wildman–Crippen LogP) is 4.78. The van der Waals surface area contributed by atoms with Gasteiger partial charge in [0.1, 0.15) is 11.4 Å². The van der Waals surface area contributed by atoms with Crippen LogP contribution in [0.15, 0.2) is 48.5 Å². The Morgan fingerprint density at radius 2 is 1.78 bits per heavy atom.